The predicted octanol–water partition coefficient (Wildman–Crippen LogP) is 6.62. The fourth-order valence-corrected chi connectivity index (χ4v) is 5.04. The predicted molar refractivity (Wildman–Crippen MR) is 123 cm³/mol. The number of hydrogen-bond donors (Lipinski definition) is 1. The number of pyridine rings is 1. The molecule has 0 atom stereocenters. The van der Waals surface area contributed by atoms with Crippen molar-refractivity contribution >= 4 is 45.9 Å². The average molecular weight is 425 g/mol. The highest BCUT2D eigenvalue weighted by Crippen LogP contribution is 2.37. The first-order valence-electron chi connectivity index (χ1n) is 10.1. The van der Waals surface area contributed by atoms with Gasteiger partial charge in [0.15, 0.2) is 0 Å². The molecule has 1 heterocycles. The van der Waals surface area contributed by atoms with Crippen LogP contribution in [-0.4, -0.2) is 16.6 Å². The van der Waals surface area contributed by atoms with Crippen LogP contribution in [0.1, 0.15) is 49.4 Å². The summed E-state index contributed by atoms with van der Waals surface area (Å²) in [5.41, 5.74) is 5.54. The van der Waals surface area contributed by atoms with Crippen LogP contribution in [0.4, 0.5) is 5.69 Å². The van der Waals surface area contributed by atoms with E-state index in [1.165, 1.54) is 29.7 Å². The summed E-state index contributed by atoms with van der Waals surface area (Å²) >= 11 is 7.86. The standard InChI is InChI=1S/C24H25ClN2OS/c1-15(2)16-7-10-18(11-8-16)26-23(28)14-29-24-19-5-3-4-6-21(19)27-22-12-9-17(25)13-20(22)24/h7-13,15H,3-6,14H2,1-2H3,(H,26,28). The molecule has 1 aromatic heterocycles. The molecule has 29 heavy (non-hydrogen) atoms. The Hall–Kier alpha value is -2.04. The molecule has 0 saturated heterocycles. The van der Waals surface area contributed by atoms with Crippen molar-refractivity contribution in [3.63, 3.8) is 0 Å². The van der Waals surface area contributed by atoms with Crippen LogP contribution >= 0.6 is 23.4 Å². The highest BCUT2D eigenvalue weighted by molar-refractivity contribution is 8.00. The Labute approximate surface area is 181 Å². The Balaban J connectivity index is 1.54. The minimum Gasteiger partial charge on any atom is -0.325 e. The summed E-state index contributed by atoms with van der Waals surface area (Å²) in [5, 5.41) is 4.77. The van der Waals surface area contributed by atoms with Gasteiger partial charge in [0.25, 0.3) is 0 Å². The Morgan fingerprint density at radius 3 is 2.66 bits per heavy atom. The number of halogens is 1. The van der Waals surface area contributed by atoms with E-state index >= 15 is 0 Å². The molecule has 0 saturated carbocycles. The lowest BCUT2D eigenvalue weighted by molar-refractivity contribution is -0.113. The van der Waals surface area contributed by atoms with E-state index in [0.717, 1.165) is 34.3 Å². The highest BCUT2D eigenvalue weighted by atomic mass is 35.5. The maximum absolute atomic E-state index is 12.6. The number of rotatable bonds is 5. The SMILES string of the molecule is CC(C)c1ccc(NC(=O)CSc2c3c(nc4ccc(Cl)cc24)CCCC3)cc1. The van der Waals surface area contributed by atoms with Crippen LogP contribution in [0, 0.1) is 0 Å². The Morgan fingerprint density at radius 2 is 1.90 bits per heavy atom. The second-order valence-corrected chi connectivity index (χ2v) is 9.27. The normalized spacial score (nSPS) is 13.5. The number of fused-ring (bicyclic) bond motifs is 2. The van der Waals surface area contributed by atoms with Crippen molar-refractivity contribution in [2.45, 2.75) is 50.3 Å². The average Bonchev–Trinajstić information content (AvgIpc) is 2.71. The van der Waals surface area contributed by atoms with Crippen molar-refractivity contribution in [3.8, 4) is 0 Å². The van der Waals surface area contributed by atoms with Crippen LogP contribution < -0.4 is 5.32 Å². The molecular weight excluding hydrogens is 400 g/mol. The molecule has 1 aliphatic carbocycles. The van der Waals surface area contributed by atoms with Gasteiger partial charge in [-0.15, -0.1) is 11.8 Å². The smallest absolute Gasteiger partial charge is 0.234 e. The maximum Gasteiger partial charge on any atom is 0.234 e. The summed E-state index contributed by atoms with van der Waals surface area (Å²) in [4.78, 5) is 18.6. The van der Waals surface area contributed by atoms with Crippen molar-refractivity contribution in [1.29, 1.82) is 0 Å². The lowest BCUT2D eigenvalue weighted by Crippen LogP contribution is -2.15. The topological polar surface area (TPSA) is 42.0 Å². The van der Waals surface area contributed by atoms with Gasteiger partial charge in [0, 0.05) is 26.7 Å². The number of nitrogens with one attached hydrogen (secondary N) is 1. The lowest BCUT2D eigenvalue weighted by atomic mass is 9.94. The Bertz CT molecular complexity index is 1050. The van der Waals surface area contributed by atoms with Crippen LogP contribution in [0.2, 0.25) is 5.02 Å². The molecule has 150 valence electrons. The van der Waals surface area contributed by atoms with E-state index in [9.17, 15) is 4.79 Å². The number of carbonyl (C=O) groups is 1. The number of hydrogen-bond acceptors (Lipinski definition) is 3. The third-order valence-corrected chi connectivity index (χ3v) is 6.78. The minimum atomic E-state index is 0.00356. The first-order chi connectivity index (χ1) is 14.0. The molecule has 5 heteroatoms. The van der Waals surface area contributed by atoms with Gasteiger partial charge in [-0.1, -0.05) is 37.6 Å². The van der Waals surface area contributed by atoms with Crippen LogP contribution in [0.25, 0.3) is 10.9 Å². The molecule has 2 aromatic carbocycles. The first kappa shape index (κ1) is 20.2. The number of aromatic nitrogens is 1. The van der Waals surface area contributed by atoms with Gasteiger partial charge < -0.3 is 5.32 Å². The van der Waals surface area contributed by atoms with Crippen LogP contribution in [0.15, 0.2) is 47.4 Å². The second-order valence-electron chi connectivity index (χ2n) is 7.85. The molecular formula is C24H25ClN2OS. The summed E-state index contributed by atoms with van der Waals surface area (Å²) in [6.07, 6.45) is 4.38. The van der Waals surface area contributed by atoms with Gasteiger partial charge >= 0.3 is 0 Å². The van der Waals surface area contributed by atoms with E-state index in [1.807, 2.05) is 30.3 Å². The molecule has 0 aliphatic heterocycles. The van der Waals surface area contributed by atoms with Crippen LogP contribution in [-0.2, 0) is 17.6 Å². The number of nitrogens with zero attached hydrogens (tertiary/aromatic N) is 1. The van der Waals surface area contributed by atoms with Gasteiger partial charge in [-0.2, -0.15) is 0 Å². The number of benzene rings is 2. The van der Waals surface area contributed by atoms with Crippen molar-refractivity contribution in [1.82, 2.24) is 4.98 Å². The molecule has 3 aromatic rings. The van der Waals surface area contributed by atoms with E-state index in [1.54, 1.807) is 11.8 Å². The third-order valence-electron chi connectivity index (χ3n) is 5.38. The molecule has 0 bridgehead atoms. The van der Waals surface area contributed by atoms with Gasteiger partial charge in [0.2, 0.25) is 5.91 Å². The Morgan fingerprint density at radius 1 is 1.14 bits per heavy atom. The molecule has 1 aliphatic rings. The van der Waals surface area contributed by atoms with E-state index in [2.05, 4.69) is 31.3 Å². The van der Waals surface area contributed by atoms with Crippen molar-refractivity contribution in [2.75, 3.05) is 11.1 Å². The van der Waals surface area contributed by atoms with Crippen LogP contribution in [0.3, 0.4) is 0 Å². The molecule has 4 rings (SSSR count). The zero-order valence-corrected chi connectivity index (χ0v) is 18.4. The first-order valence-corrected chi connectivity index (χ1v) is 11.5. The van der Waals surface area contributed by atoms with E-state index in [0.29, 0.717) is 16.7 Å². The summed E-state index contributed by atoms with van der Waals surface area (Å²) in [7, 11) is 0. The fourth-order valence-electron chi connectivity index (χ4n) is 3.80. The summed E-state index contributed by atoms with van der Waals surface area (Å²) in [6.45, 7) is 4.33. The summed E-state index contributed by atoms with van der Waals surface area (Å²) < 4.78 is 0. The number of aryl methyl sites for hydroxylation is 1. The zero-order valence-electron chi connectivity index (χ0n) is 16.8. The van der Waals surface area contributed by atoms with Crippen molar-refractivity contribution in [3.05, 3.63) is 64.3 Å². The molecule has 3 nitrogen and oxygen atoms in total. The third kappa shape index (κ3) is 4.59. The Kier molecular flexibility index (Phi) is 6.12. The summed E-state index contributed by atoms with van der Waals surface area (Å²) in [6, 6.07) is 13.9. The number of thioether (sulfide) groups is 1. The maximum atomic E-state index is 12.6. The fraction of sp³-hybridized carbons (Fsp3) is 0.333. The molecule has 0 fully saturated rings. The molecule has 0 radical (unpaired) electrons. The zero-order chi connectivity index (χ0) is 20.4. The highest BCUT2D eigenvalue weighted by Gasteiger charge is 2.19. The minimum absolute atomic E-state index is 0.00356. The van der Waals surface area contributed by atoms with Crippen molar-refractivity contribution < 1.29 is 4.79 Å². The molecule has 0 spiro atoms. The van der Waals surface area contributed by atoms with E-state index in [-0.39, 0.29) is 5.91 Å². The molecule has 1 amide bonds. The monoisotopic (exact) mass is 424 g/mol. The largest absolute Gasteiger partial charge is 0.325 e. The summed E-state index contributed by atoms with van der Waals surface area (Å²) in [5.74, 6) is 0.849. The van der Waals surface area contributed by atoms with Crippen LogP contribution in [0.5, 0.6) is 0 Å². The van der Waals surface area contributed by atoms with Gasteiger partial charge in [-0.05, 0) is 73.1 Å². The van der Waals surface area contributed by atoms with E-state index in [4.69, 9.17) is 16.6 Å². The van der Waals surface area contributed by atoms with Crippen molar-refractivity contribution in [2.24, 2.45) is 0 Å². The number of carbonyl (C=O) groups excluding carboxylic acids is 1. The van der Waals surface area contributed by atoms with Gasteiger partial charge in [-0.25, -0.2) is 0 Å². The second kappa shape index (κ2) is 8.76. The number of anilines is 1. The quantitative estimate of drug-likeness (QED) is 0.468. The van der Waals surface area contributed by atoms with E-state index < -0.39 is 0 Å². The lowest BCUT2D eigenvalue weighted by Gasteiger charge is -2.20. The van der Waals surface area contributed by atoms with Gasteiger partial charge in [0.05, 0.1) is 11.3 Å². The van der Waals surface area contributed by atoms with Gasteiger partial charge in [0.1, 0.15) is 0 Å². The molecule has 0 unspecified atom stereocenters. The molecule has 1 N–H and O–H groups in total. The van der Waals surface area contributed by atoms with Gasteiger partial charge in [-0.3, -0.25) is 9.78 Å². The number of amides is 1.